The first-order chi connectivity index (χ1) is 28.3. The standard InChI is InChI=1S/C55H38N2/c1-6-20-39(21-7-1)48-38-49(53(41-24-10-3-11-25-41)54(42-26-12-4-13-27-42)52(48)40-22-8-2-9-23-40)45-30-18-28-43(36-45)44-29-19-31-46(37-44)55-56-50-34-16-17-35-51(50)57(55)47-32-14-5-15-33-47/h1-38H. The van der Waals surface area contributed by atoms with Gasteiger partial charge in [0.1, 0.15) is 5.82 Å². The summed E-state index contributed by atoms with van der Waals surface area (Å²) in [7, 11) is 0. The third-order valence-corrected chi connectivity index (χ3v) is 10.8. The Morgan fingerprint density at radius 1 is 0.281 bits per heavy atom. The fourth-order valence-corrected chi connectivity index (χ4v) is 8.22. The maximum Gasteiger partial charge on any atom is 0.145 e. The highest BCUT2D eigenvalue weighted by Gasteiger charge is 2.24. The number of para-hydroxylation sites is 3. The molecule has 9 aromatic carbocycles. The molecule has 0 saturated heterocycles. The van der Waals surface area contributed by atoms with Crippen molar-refractivity contribution in [3.8, 4) is 83.8 Å². The third-order valence-electron chi connectivity index (χ3n) is 10.8. The summed E-state index contributed by atoms with van der Waals surface area (Å²) in [5, 5.41) is 0. The summed E-state index contributed by atoms with van der Waals surface area (Å²) in [6.45, 7) is 0. The Bertz CT molecular complexity index is 2970. The predicted octanol–water partition coefficient (Wildman–Crippen LogP) is 14.7. The third kappa shape index (κ3) is 6.44. The second kappa shape index (κ2) is 14.9. The van der Waals surface area contributed by atoms with Crippen LogP contribution in [0.1, 0.15) is 0 Å². The van der Waals surface area contributed by atoms with Gasteiger partial charge in [0.05, 0.1) is 11.0 Å². The van der Waals surface area contributed by atoms with Gasteiger partial charge in [0.2, 0.25) is 0 Å². The van der Waals surface area contributed by atoms with Gasteiger partial charge in [-0.1, -0.05) is 188 Å². The molecule has 0 radical (unpaired) electrons. The highest BCUT2D eigenvalue weighted by molar-refractivity contribution is 6.07. The molecule has 2 heteroatoms. The van der Waals surface area contributed by atoms with Crippen molar-refractivity contribution < 1.29 is 0 Å². The van der Waals surface area contributed by atoms with Crippen molar-refractivity contribution in [1.29, 1.82) is 0 Å². The number of benzene rings is 9. The Balaban J connectivity index is 1.21. The lowest BCUT2D eigenvalue weighted by Gasteiger charge is -2.24. The van der Waals surface area contributed by atoms with Gasteiger partial charge in [-0.2, -0.15) is 0 Å². The largest absolute Gasteiger partial charge is 0.292 e. The first-order valence-electron chi connectivity index (χ1n) is 19.5. The maximum absolute atomic E-state index is 5.18. The number of nitrogens with zero attached hydrogens (tertiary/aromatic N) is 2. The minimum Gasteiger partial charge on any atom is -0.292 e. The molecule has 0 aliphatic carbocycles. The fourth-order valence-electron chi connectivity index (χ4n) is 8.22. The van der Waals surface area contributed by atoms with Gasteiger partial charge >= 0.3 is 0 Å². The van der Waals surface area contributed by atoms with Crippen molar-refractivity contribution in [1.82, 2.24) is 9.55 Å². The number of fused-ring (bicyclic) bond motifs is 1. The van der Waals surface area contributed by atoms with E-state index in [1.54, 1.807) is 0 Å². The molecule has 0 saturated carbocycles. The van der Waals surface area contributed by atoms with Gasteiger partial charge in [-0.3, -0.25) is 4.57 Å². The normalized spacial score (nSPS) is 11.2. The van der Waals surface area contributed by atoms with Crippen LogP contribution in [0.2, 0.25) is 0 Å². The predicted molar refractivity (Wildman–Crippen MR) is 239 cm³/mol. The van der Waals surface area contributed by atoms with E-state index in [4.69, 9.17) is 4.98 Å². The van der Waals surface area contributed by atoms with Crippen molar-refractivity contribution in [2.24, 2.45) is 0 Å². The lowest BCUT2D eigenvalue weighted by atomic mass is 9.78. The topological polar surface area (TPSA) is 17.8 Å². The smallest absolute Gasteiger partial charge is 0.145 e. The minimum absolute atomic E-state index is 0.920. The Hall–Kier alpha value is -7.55. The van der Waals surface area contributed by atoms with Gasteiger partial charge < -0.3 is 0 Å². The zero-order valence-electron chi connectivity index (χ0n) is 31.3. The Kier molecular flexibility index (Phi) is 8.91. The number of aromatic nitrogens is 2. The van der Waals surface area contributed by atoms with E-state index in [0.717, 1.165) is 44.8 Å². The van der Waals surface area contributed by atoms with Gasteiger partial charge in [0.25, 0.3) is 0 Å². The number of hydrogen-bond acceptors (Lipinski definition) is 1. The second-order valence-corrected chi connectivity index (χ2v) is 14.3. The molecule has 0 aliphatic rings. The SMILES string of the molecule is c1ccc(-c2cc(-c3cccc(-c4cccc(-c5nc6ccccc6n5-c5ccccc5)c4)c3)c(-c3ccccc3)c(-c3ccccc3)c2-c2ccccc2)cc1. The van der Waals surface area contributed by atoms with Gasteiger partial charge in [-0.15, -0.1) is 0 Å². The van der Waals surface area contributed by atoms with Crippen LogP contribution in [0.15, 0.2) is 231 Å². The van der Waals surface area contributed by atoms with Crippen molar-refractivity contribution in [3.63, 3.8) is 0 Å². The van der Waals surface area contributed by atoms with Crippen LogP contribution in [-0.4, -0.2) is 9.55 Å². The lowest BCUT2D eigenvalue weighted by Crippen LogP contribution is -1.98. The van der Waals surface area contributed by atoms with E-state index in [-0.39, 0.29) is 0 Å². The molecule has 1 aromatic heterocycles. The van der Waals surface area contributed by atoms with Crippen molar-refractivity contribution in [2.75, 3.05) is 0 Å². The highest BCUT2D eigenvalue weighted by atomic mass is 15.1. The monoisotopic (exact) mass is 726 g/mol. The quantitative estimate of drug-likeness (QED) is 0.152. The average Bonchev–Trinajstić information content (AvgIpc) is 3.70. The summed E-state index contributed by atoms with van der Waals surface area (Å²) in [6.07, 6.45) is 0. The highest BCUT2D eigenvalue weighted by Crippen LogP contribution is 2.50. The van der Waals surface area contributed by atoms with E-state index in [1.165, 1.54) is 50.1 Å². The molecule has 0 spiro atoms. The van der Waals surface area contributed by atoms with Crippen LogP contribution in [0.25, 0.3) is 94.9 Å². The number of hydrogen-bond donors (Lipinski definition) is 0. The molecule has 57 heavy (non-hydrogen) atoms. The summed E-state index contributed by atoms with van der Waals surface area (Å²) in [5.74, 6) is 0.920. The van der Waals surface area contributed by atoms with Crippen LogP contribution in [0.3, 0.4) is 0 Å². The van der Waals surface area contributed by atoms with Crippen LogP contribution in [0.4, 0.5) is 0 Å². The molecular weight excluding hydrogens is 689 g/mol. The molecule has 0 amide bonds. The van der Waals surface area contributed by atoms with Crippen LogP contribution in [0.5, 0.6) is 0 Å². The molecule has 0 bridgehead atoms. The molecule has 0 N–H and O–H groups in total. The molecule has 268 valence electrons. The first kappa shape index (κ1) is 34.0. The summed E-state index contributed by atoms with van der Waals surface area (Å²) >= 11 is 0. The van der Waals surface area contributed by atoms with Crippen LogP contribution >= 0.6 is 0 Å². The molecule has 0 unspecified atom stereocenters. The number of imidazole rings is 1. The summed E-state index contributed by atoms with van der Waals surface area (Å²) < 4.78 is 2.27. The van der Waals surface area contributed by atoms with Crippen molar-refractivity contribution in [2.45, 2.75) is 0 Å². The van der Waals surface area contributed by atoms with E-state index in [2.05, 4.69) is 235 Å². The minimum atomic E-state index is 0.920. The molecule has 10 aromatic rings. The molecular formula is C55H38N2. The zero-order chi connectivity index (χ0) is 38.0. The average molecular weight is 727 g/mol. The molecule has 0 atom stereocenters. The number of rotatable bonds is 8. The molecule has 2 nitrogen and oxygen atoms in total. The van der Waals surface area contributed by atoms with Crippen molar-refractivity contribution in [3.05, 3.63) is 231 Å². The van der Waals surface area contributed by atoms with E-state index in [1.807, 2.05) is 0 Å². The Morgan fingerprint density at radius 3 is 1.26 bits per heavy atom. The van der Waals surface area contributed by atoms with Gasteiger partial charge in [0, 0.05) is 11.3 Å². The van der Waals surface area contributed by atoms with E-state index < -0.39 is 0 Å². The van der Waals surface area contributed by atoms with Gasteiger partial charge in [-0.25, -0.2) is 4.98 Å². The second-order valence-electron chi connectivity index (χ2n) is 14.3. The molecule has 1 heterocycles. The first-order valence-corrected chi connectivity index (χ1v) is 19.5. The van der Waals surface area contributed by atoms with E-state index in [9.17, 15) is 0 Å². The Morgan fingerprint density at radius 2 is 0.684 bits per heavy atom. The Labute approximate surface area is 333 Å². The molecule has 0 fully saturated rings. The molecule has 0 aliphatic heterocycles. The van der Waals surface area contributed by atoms with E-state index in [0.29, 0.717) is 0 Å². The van der Waals surface area contributed by atoms with Crippen molar-refractivity contribution >= 4 is 11.0 Å². The van der Waals surface area contributed by atoms with Gasteiger partial charge in [0.15, 0.2) is 0 Å². The lowest BCUT2D eigenvalue weighted by molar-refractivity contribution is 1.10. The van der Waals surface area contributed by atoms with Crippen LogP contribution < -0.4 is 0 Å². The summed E-state index contributed by atoms with van der Waals surface area (Å²) in [5.41, 5.74) is 18.4. The van der Waals surface area contributed by atoms with Crippen LogP contribution in [-0.2, 0) is 0 Å². The van der Waals surface area contributed by atoms with Crippen LogP contribution in [0, 0.1) is 0 Å². The summed E-state index contributed by atoms with van der Waals surface area (Å²) in [4.78, 5) is 5.18. The van der Waals surface area contributed by atoms with Gasteiger partial charge in [-0.05, 0) is 109 Å². The fraction of sp³-hybridized carbons (Fsp3) is 0. The van der Waals surface area contributed by atoms with E-state index >= 15 is 0 Å². The maximum atomic E-state index is 5.18. The zero-order valence-corrected chi connectivity index (χ0v) is 31.3. The molecule has 10 rings (SSSR count). The summed E-state index contributed by atoms with van der Waals surface area (Å²) in [6, 6.07) is 82.6.